The van der Waals surface area contributed by atoms with Gasteiger partial charge in [-0.2, -0.15) is 17.7 Å². The van der Waals surface area contributed by atoms with Crippen LogP contribution in [0.15, 0.2) is 29.4 Å². The molecule has 0 saturated carbocycles. The van der Waals surface area contributed by atoms with Gasteiger partial charge in [-0.25, -0.2) is 18.6 Å². The molecule has 1 atom stereocenters. The van der Waals surface area contributed by atoms with Gasteiger partial charge < -0.3 is 19.8 Å². The number of aromatic nitrogens is 2. The number of halogens is 2. The molecule has 1 aliphatic rings. The van der Waals surface area contributed by atoms with E-state index in [2.05, 4.69) is 14.7 Å². The first kappa shape index (κ1) is 28.8. The Kier molecular flexibility index (Phi) is 9.15. The SMILES string of the molecule is CC(C)(C)C1CN(S(=O)(=O)Nc2cc(OCCO)nc(SCc3cccc(F)c3F)n2)CCN1C(=O)O. The van der Waals surface area contributed by atoms with Crippen molar-refractivity contribution in [2.45, 2.75) is 37.7 Å². The number of aliphatic hydroxyl groups is 1. The summed E-state index contributed by atoms with van der Waals surface area (Å²) in [5.74, 6) is -2.21. The maximum absolute atomic E-state index is 14.0. The minimum atomic E-state index is -4.16. The fourth-order valence-corrected chi connectivity index (χ4v) is 5.67. The molecule has 3 rings (SSSR count). The normalized spacial score (nSPS) is 17.0. The molecule has 0 radical (unpaired) electrons. The van der Waals surface area contributed by atoms with Gasteiger partial charge in [-0.15, -0.1) is 0 Å². The molecule has 15 heteroatoms. The molecule has 0 bridgehead atoms. The van der Waals surface area contributed by atoms with Crippen molar-refractivity contribution in [1.82, 2.24) is 19.2 Å². The number of carboxylic acid groups (broad SMARTS) is 1. The van der Waals surface area contributed by atoms with Crippen LogP contribution in [0.4, 0.5) is 19.4 Å². The van der Waals surface area contributed by atoms with Gasteiger partial charge in [0.05, 0.1) is 12.6 Å². The highest BCUT2D eigenvalue weighted by molar-refractivity contribution is 7.98. The van der Waals surface area contributed by atoms with Crippen molar-refractivity contribution < 1.29 is 36.9 Å². The van der Waals surface area contributed by atoms with Crippen LogP contribution in [0.1, 0.15) is 26.3 Å². The summed E-state index contributed by atoms with van der Waals surface area (Å²) in [5, 5.41) is 18.6. The number of benzene rings is 1. The van der Waals surface area contributed by atoms with Crippen molar-refractivity contribution >= 4 is 33.9 Å². The third kappa shape index (κ3) is 7.40. The highest BCUT2D eigenvalue weighted by Crippen LogP contribution is 2.30. The molecule has 1 aromatic heterocycles. The number of rotatable bonds is 9. The van der Waals surface area contributed by atoms with Crippen LogP contribution in [0.3, 0.4) is 0 Å². The van der Waals surface area contributed by atoms with Crippen LogP contribution >= 0.6 is 11.8 Å². The summed E-state index contributed by atoms with van der Waals surface area (Å²) in [4.78, 5) is 21.2. The number of thioether (sulfide) groups is 1. The molecular weight excluding hydrogens is 532 g/mol. The number of anilines is 1. The molecule has 1 fully saturated rings. The van der Waals surface area contributed by atoms with Gasteiger partial charge in [0, 0.05) is 37.0 Å². The molecule has 11 nitrogen and oxygen atoms in total. The van der Waals surface area contributed by atoms with Crippen molar-refractivity contribution in [3.63, 3.8) is 0 Å². The van der Waals surface area contributed by atoms with Gasteiger partial charge in [-0.3, -0.25) is 4.72 Å². The Labute approximate surface area is 218 Å². The van der Waals surface area contributed by atoms with Crippen LogP contribution < -0.4 is 9.46 Å². The molecule has 204 valence electrons. The maximum Gasteiger partial charge on any atom is 0.407 e. The Morgan fingerprint density at radius 1 is 1.27 bits per heavy atom. The second kappa shape index (κ2) is 11.8. The molecule has 3 N–H and O–H groups in total. The van der Waals surface area contributed by atoms with Crippen LogP contribution in [0.5, 0.6) is 5.88 Å². The highest BCUT2D eigenvalue weighted by atomic mass is 32.2. The largest absolute Gasteiger partial charge is 0.475 e. The van der Waals surface area contributed by atoms with Crippen molar-refractivity contribution in [3.05, 3.63) is 41.5 Å². The number of ether oxygens (including phenoxy) is 1. The van der Waals surface area contributed by atoms with Gasteiger partial charge in [0.25, 0.3) is 0 Å². The Bertz CT molecular complexity index is 1230. The Morgan fingerprint density at radius 2 is 2.00 bits per heavy atom. The van der Waals surface area contributed by atoms with Crippen molar-refractivity contribution in [1.29, 1.82) is 0 Å². The van der Waals surface area contributed by atoms with Gasteiger partial charge in [-0.05, 0) is 11.5 Å². The zero-order valence-corrected chi connectivity index (χ0v) is 22.2. The van der Waals surface area contributed by atoms with Crippen molar-refractivity contribution in [3.8, 4) is 5.88 Å². The van der Waals surface area contributed by atoms with Crippen LogP contribution in [0.2, 0.25) is 0 Å². The van der Waals surface area contributed by atoms with E-state index >= 15 is 0 Å². The number of amides is 1. The van der Waals surface area contributed by atoms with E-state index in [0.29, 0.717) is 0 Å². The summed E-state index contributed by atoms with van der Waals surface area (Å²) in [6.45, 7) is 4.93. The first-order valence-electron chi connectivity index (χ1n) is 11.3. The van der Waals surface area contributed by atoms with Crippen LogP contribution in [-0.4, -0.2) is 82.8 Å². The van der Waals surface area contributed by atoms with E-state index in [1.807, 2.05) is 20.8 Å². The van der Waals surface area contributed by atoms with E-state index in [1.54, 1.807) is 0 Å². The highest BCUT2D eigenvalue weighted by Gasteiger charge is 2.41. The molecule has 1 unspecified atom stereocenters. The summed E-state index contributed by atoms with van der Waals surface area (Å²) in [6, 6.07) is 4.41. The number of carbonyl (C=O) groups is 1. The van der Waals surface area contributed by atoms with Gasteiger partial charge in [0.1, 0.15) is 12.4 Å². The van der Waals surface area contributed by atoms with Crippen LogP contribution in [0.25, 0.3) is 0 Å². The average Bonchev–Trinajstić information content (AvgIpc) is 2.82. The monoisotopic (exact) mass is 561 g/mol. The predicted molar refractivity (Wildman–Crippen MR) is 133 cm³/mol. The average molecular weight is 562 g/mol. The molecule has 0 aliphatic carbocycles. The number of piperazine rings is 1. The molecule has 2 heterocycles. The molecule has 1 saturated heterocycles. The van der Waals surface area contributed by atoms with E-state index in [-0.39, 0.29) is 61.0 Å². The van der Waals surface area contributed by atoms with E-state index in [4.69, 9.17) is 9.84 Å². The van der Waals surface area contributed by atoms with Gasteiger partial charge in [-0.1, -0.05) is 44.7 Å². The number of hydrogen-bond acceptors (Lipinski definition) is 8. The molecular formula is C22H29F2N5O6S2. The molecule has 1 aliphatic heterocycles. The second-order valence-electron chi connectivity index (χ2n) is 9.27. The number of nitrogens with one attached hydrogen (secondary N) is 1. The predicted octanol–water partition coefficient (Wildman–Crippen LogP) is 2.79. The minimum Gasteiger partial charge on any atom is -0.475 e. The summed E-state index contributed by atoms with van der Waals surface area (Å²) in [7, 11) is -4.16. The molecule has 0 spiro atoms. The third-order valence-corrected chi connectivity index (χ3v) is 7.95. The number of hydrogen-bond donors (Lipinski definition) is 3. The Hall–Kier alpha value is -2.75. The van der Waals surface area contributed by atoms with Gasteiger partial charge in [0.15, 0.2) is 16.8 Å². The number of nitrogens with zero attached hydrogens (tertiary/aromatic N) is 4. The Morgan fingerprint density at radius 3 is 2.65 bits per heavy atom. The lowest BCUT2D eigenvalue weighted by Gasteiger charge is -2.45. The smallest absolute Gasteiger partial charge is 0.407 e. The number of aliphatic hydroxyl groups excluding tert-OH is 1. The van der Waals surface area contributed by atoms with Crippen molar-refractivity contribution in [2.75, 3.05) is 37.6 Å². The quantitative estimate of drug-likeness (QED) is 0.311. The summed E-state index contributed by atoms with van der Waals surface area (Å²) in [5.41, 5.74) is -0.454. The fraction of sp³-hybridized carbons (Fsp3) is 0.500. The van der Waals surface area contributed by atoms with Gasteiger partial charge >= 0.3 is 16.3 Å². The molecule has 37 heavy (non-hydrogen) atoms. The zero-order chi connectivity index (χ0) is 27.4. The maximum atomic E-state index is 14.0. The van der Waals surface area contributed by atoms with Gasteiger partial charge in [0.2, 0.25) is 5.88 Å². The molecule has 1 amide bonds. The Balaban J connectivity index is 1.83. The first-order chi connectivity index (χ1) is 17.3. The van der Waals surface area contributed by atoms with Crippen molar-refractivity contribution in [2.24, 2.45) is 5.41 Å². The van der Waals surface area contributed by atoms with E-state index in [0.717, 1.165) is 22.1 Å². The first-order valence-corrected chi connectivity index (χ1v) is 13.7. The molecule has 2 aromatic rings. The van der Waals surface area contributed by atoms with E-state index in [1.165, 1.54) is 23.1 Å². The minimum absolute atomic E-state index is 0.00683. The third-order valence-electron chi connectivity index (χ3n) is 5.57. The zero-order valence-electron chi connectivity index (χ0n) is 20.5. The van der Waals surface area contributed by atoms with Crippen LogP contribution in [0, 0.1) is 17.0 Å². The van der Waals surface area contributed by atoms with E-state index in [9.17, 15) is 27.1 Å². The lowest BCUT2D eigenvalue weighted by atomic mass is 9.85. The summed E-state index contributed by atoms with van der Waals surface area (Å²) >= 11 is 0.935. The second-order valence-corrected chi connectivity index (χ2v) is 11.9. The standard InChI is InChI=1S/C22H29F2N5O6S2/c1-22(2,3)16-12-28(7-8-29(16)21(31)32)37(33,34)27-17-11-18(35-10-9-30)26-20(25-17)36-13-14-5-4-6-15(23)19(14)24/h4-6,11,16,30H,7-10,12-13H2,1-3H3,(H,31,32)(H,25,26,27). The summed E-state index contributed by atoms with van der Waals surface area (Å²) < 4.78 is 62.8. The molecule has 1 aromatic carbocycles. The summed E-state index contributed by atoms with van der Waals surface area (Å²) in [6.07, 6.45) is -1.12. The van der Waals surface area contributed by atoms with E-state index < -0.39 is 39.4 Å². The van der Waals surface area contributed by atoms with Crippen LogP contribution in [-0.2, 0) is 16.0 Å². The fourth-order valence-electron chi connectivity index (χ4n) is 3.69. The lowest BCUT2D eigenvalue weighted by Crippen LogP contribution is -2.61. The topological polar surface area (TPSA) is 145 Å². The lowest BCUT2D eigenvalue weighted by molar-refractivity contribution is 0.0460.